The van der Waals surface area contributed by atoms with Crippen LogP contribution >= 0.6 is 11.8 Å². The summed E-state index contributed by atoms with van der Waals surface area (Å²) < 4.78 is 0. The molecule has 0 bridgehead atoms. The van der Waals surface area contributed by atoms with Crippen molar-refractivity contribution in [2.24, 2.45) is 0 Å². The van der Waals surface area contributed by atoms with Crippen molar-refractivity contribution >= 4 is 11.8 Å². The number of hydrogen-bond donors (Lipinski definition) is 1. The molecule has 2 heteroatoms. The molecule has 0 heterocycles. The second kappa shape index (κ2) is 5.55. The van der Waals surface area contributed by atoms with E-state index < -0.39 is 0 Å². The molecule has 1 aromatic carbocycles. The van der Waals surface area contributed by atoms with Crippen molar-refractivity contribution < 1.29 is 5.11 Å². The molecule has 86 valence electrons. The highest BCUT2D eigenvalue weighted by molar-refractivity contribution is 8.00. The van der Waals surface area contributed by atoms with E-state index >= 15 is 0 Å². The first-order valence-electron chi connectivity index (χ1n) is 5.87. The van der Waals surface area contributed by atoms with Gasteiger partial charge < -0.3 is 5.11 Å². The van der Waals surface area contributed by atoms with E-state index in [1.807, 2.05) is 23.9 Å². The number of rotatable bonds is 3. The minimum Gasteiger partial charge on any atom is -0.389 e. The van der Waals surface area contributed by atoms with Crippen molar-refractivity contribution in [1.29, 1.82) is 0 Å². The summed E-state index contributed by atoms with van der Waals surface area (Å²) in [5.41, 5.74) is 0.989. The fraction of sp³-hybridized carbons (Fsp3) is 0.429. The van der Waals surface area contributed by atoms with Crippen LogP contribution in [0.5, 0.6) is 0 Å². The summed E-state index contributed by atoms with van der Waals surface area (Å²) >= 11 is 1.92. The minimum absolute atomic E-state index is 0.367. The predicted octanol–water partition coefficient (Wildman–Crippen LogP) is 3.94. The highest BCUT2D eigenvalue weighted by atomic mass is 32.2. The zero-order valence-electron chi connectivity index (χ0n) is 9.60. The Morgan fingerprint density at radius 1 is 1.31 bits per heavy atom. The van der Waals surface area contributed by atoms with Crippen molar-refractivity contribution in [1.82, 2.24) is 0 Å². The Bertz CT molecular complexity index is 354. The number of benzene rings is 1. The summed E-state index contributed by atoms with van der Waals surface area (Å²) in [6, 6.07) is 8.24. The number of hydrogen-bond acceptors (Lipinski definition) is 2. The number of aliphatic hydroxyl groups excluding tert-OH is 1. The van der Waals surface area contributed by atoms with Gasteiger partial charge in [-0.05, 0) is 43.9 Å². The van der Waals surface area contributed by atoms with Gasteiger partial charge in [-0.25, -0.2) is 0 Å². The lowest BCUT2D eigenvalue weighted by Crippen LogP contribution is -2.01. The summed E-state index contributed by atoms with van der Waals surface area (Å²) in [5, 5.41) is 10.0. The van der Waals surface area contributed by atoms with Crippen LogP contribution < -0.4 is 0 Å². The monoisotopic (exact) mass is 234 g/mol. The molecule has 16 heavy (non-hydrogen) atoms. The molecule has 0 radical (unpaired) electrons. The lowest BCUT2D eigenvalue weighted by Gasteiger charge is -2.16. The van der Waals surface area contributed by atoms with Gasteiger partial charge in [-0.15, -0.1) is 11.8 Å². The minimum atomic E-state index is -0.367. The molecule has 0 aromatic heterocycles. The van der Waals surface area contributed by atoms with Crippen molar-refractivity contribution in [2.75, 3.05) is 0 Å². The molecule has 0 spiro atoms. The fourth-order valence-corrected chi connectivity index (χ4v) is 3.00. The van der Waals surface area contributed by atoms with Gasteiger partial charge in [0.2, 0.25) is 0 Å². The van der Waals surface area contributed by atoms with Crippen LogP contribution in [0.3, 0.4) is 0 Å². The second-order valence-corrected chi connectivity index (χ2v) is 5.57. The Morgan fingerprint density at radius 2 is 2.06 bits per heavy atom. The van der Waals surface area contributed by atoms with E-state index in [2.05, 4.69) is 24.3 Å². The third-order valence-corrected chi connectivity index (χ3v) is 4.10. The molecule has 0 aliphatic heterocycles. The highest BCUT2D eigenvalue weighted by Crippen LogP contribution is 2.30. The van der Waals surface area contributed by atoms with Gasteiger partial charge in [0, 0.05) is 10.1 Å². The molecule has 0 saturated carbocycles. The molecule has 2 rings (SSSR count). The largest absolute Gasteiger partial charge is 0.389 e. The molecule has 1 aliphatic rings. The summed E-state index contributed by atoms with van der Waals surface area (Å²) in [6.45, 7) is 1.80. The van der Waals surface area contributed by atoms with Gasteiger partial charge in [-0.3, -0.25) is 0 Å². The molecule has 1 N–H and O–H groups in total. The molecule has 1 aromatic rings. The van der Waals surface area contributed by atoms with E-state index in [0.29, 0.717) is 5.25 Å². The quantitative estimate of drug-likeness (QED) is 0.799. The Kier molecular flexibility index (Phi) is 4.08. The van der Waals surface area contributed by atoms with Crippen LogP contribution in [-0.4, -0.2) is 10.4 Å². The van der Waals surface area contributed by atoms with Crippen LogP contribution in [-0.2, 0) is 0 Å². The lowest BCUT2D eigenvalue weighted by molar-refractivity contribution is 0.199. The molecule has 0 saturated heterocycles. The number of allylic oxidation sites excluding steroid dienone is 1. The Morgan fingerprint density at radius 3 is 2.62 bits per heavy atom. The van der Waals surface area contributed by atoms with Gasteiger partial charge in [0.1, 0.15) is 0 Å². The maximum atomic E-state index is 9.42. The molecule has 2 atom stereocenters. The second-order valence-electron chi connectivity index (χ2n) is 4.26. The van der Waals surface area contributed by atoms with Crippen LogP contribution in [0.2, 0.25) is 0 Å². The third-order valence-electron chi connectivity index (χ3n) is 2.86. The first kappa shape index (κ1) is 11.7. The average Bonchev–Trinajstić information content (AvgIpc) is 2.31. The smallest absolute Gasteiger partial charge is 0.0761 e. The Labute approximate surface area is 102 Å². The molecule has 1 aliphatic carbocycles. The molecule has 0 fully saturated rings. The number of aliphatic hydroxyl groups is 1. The van der Waals surface area contributed by atoms with E-state index in [1.54, 1.807) is 6.92 Å². The molecule has 0 amide bonds. The fourth-order valence-electron chi connectivity index (χ4n) is 1.88. The molecular formula is C14H18OS. The zero-order chi connectivity index (χ0) is 11.4. The third kappa shape index (κ3) is 3.13. The molecule has 2 unspecified atom stereocenters. The van der Waals surface area contributed by atoms with Gasteiger partial charge in [0.15, 0.2) is 0 Å². The van der Waals surface area contributed by atoms with Gasteiger partial charge in [-0.1, -0.05) is 24.3 Å². The maximum absolute atomic E-state index is 9.42. The lowest BCUT2D eigenvalue weighted by atomic mass is 10.1. The summed E-state index contributed by atoms with van der Waals surface area (Å²) in [4.78, 5) is 1.29. The Hall–Kier alpha value is -0.730. The summed E-state index contributed by atoms with van der Waals surface area (Å²) in [5.74, 6) is 0. The first-order valence-corrected chi connectivity index (χ1v) is 6.75. The first-order chi connectivity index (χ1) is 7.75. The topological polar surface area (TPSA) is 20.2 Å². The normalized spacial score (nSPS) is 22.0. The van der Waals surface area contributed by atoms with E-state index in [0.717, 1.165) is 5.56 Å². The van der Waals surface area contributed by atoms with Crippen LogP contribution in [0, 0.1) is 0 Å². The highest BCUT2D eigenvalue weighted by Gasteiger charge is 2.10. The summed E-state index contributed by atoms with van der Waals surface area (Å²) in [7, 11) is 0. The summed E-state index contributed by atoms with van der Waals surface area (Å²) in [6.07, 6.45) is 8.05. The van der Waals surface area contributed by atoms with Gasteiger partial charge >= 0.3 is 0 Å². The van der Waals surface area contributed by atoms with E-state index in [9.17, 15) is 5.11 Å². The molecule has 1 nitrogen and oxygen atoms in total. The molecular weight excluding hydrogens is 216 g/mol. The van der Waals surface area contributed by atoms with Gasteiger partial charge in [0.05, 0.1) is 6.10 Å². The predicted molar refractivity (Wildman–Crippen MR) is 69.7 cm³/mol. The van der Waals surface area contributed by atoms with Crippen molar-refractivity contribution in [3.63, 3.8) is 0 Å². The maximum Gasteiger partial charge on any atom is 0.0761 e. The van der Waals surface area contributed by atoms with E-state index in [4.69, 9.17) is 0 Å². The van der Waals surface area contributed by atoms with Crippen LogP contribution in [0.4, 0.5) is 0 Å². The van der Waals surface area contributed by atoms with E-state index in [-0.39, 0.29) is 6.10 Å². The van der Waals surface area contributed by atoms with Crippen LogP contribution in [0.25, 0.3) is 0 Å². The number of thioether (sulfide) groups is 1. The van der Waals surface area contributed by atoms with Gasteiger partial charge in [0.25, 0.3) is 0 Å². The Balaban J connectivity index is 1.99. The van der Waals surface area contributed by atoms with Crippen molar-refractivity contribution in [2.45, 2.75) is 42.4 Å². The van der Waals surface area contributed by atoms with Crippen LogP contribution in [0.1, 0.15) is 37.9 Å². The van der Waals surface area contributed by atoms with E-state index in [1.165, 1.54) is 24.2 Å². The van der Waals surface area contributed by atoms with Crippen LogP contribution in [0.15, 0.2) is 41.3 Å². The standard InChI is InChI=1S/C14H18OS/c1-11(15)12-7-9-14(10-8-12)16-13-5-3-2-4-6-13/h3,5,7-11,13,15H,2,4,6H2,1H3. The average molecular weight is 234 g/mol. The SMILES string of the molecule is CC(O)c1ccc(SC2C=CCCC2)cc1. The zero-order valence-corrected chi connectivity index (χ0v) is 10.4. The van der Waals surface area contributed by atoms with Gasteiger partial charge in [-0.2, -0.15) is 0 Å². The van der Waals surface area contributed by atoms with Crippen molar-refractivity contribution in [3.05, 3.63) is 42.0 Å². The van der Waals surface area contributed by atoms with Crippen molar-refractivity contribution in [3.8, 4) is 0 Å².